The van der Waals surface area contributed by atoms with Crippen LogP contribution in [-0.4, -0.2) is 61.7 Å². The van der Waals surface area contributed by atoms with Crippen LogP contribution in [0.5, 0.6) is 0 Å². The number of carboxylic acid groups (broad SMARTS) is 1. The van der Waals surface area contributed by atoms with Gasteiger partial charge in [0, 0.05) is 12.3 Å². The number of Topliss-reactive ketones (excluding diaryl/α,β-unsaturated/α-hetero) is 1. The molecule has 0 amide bonds. The maximum atomic E-state index is 11.1. The molecule has 0 rings (SSSR count). The molecule has 0 aromatic heterocycles. The van der Waals surface area contributed by atoms with E-state index in [1.165, 1.54) is 0 Å². The number of hydrogen-bond donors (Lipinski definition) is 1. The van der Waals surface area contributed by atoms with Gasteiger partial charge in [0.15, 0.2) is 0 Å². The molecule has 1 N–H and O–H groups in total. The molecule has 0 bridgehead atoms. The van der Waals surface area contributed by atoms with Crippen molar-refractivity contribution in [3.8, 4) is 0 Å². The summed E-state index contributed by atoms with van der Waals surface area (Å²) in [5, 5.41) is 8.29. The Labute approximate surface area is 115 Å². The molecule has 110 valence electrons. The number of ketones is 1. The van der Waals surface area contributed by atoms with Crippen molar-refractivity contribution >= 4 is 29.3 Å². The Morgan fingerprint density at radius 2 is 1.47 bits per heavy atom. The van der Waals surface area contributed by atoms with Crippen molar-refractivity contribution in [2.24, 2.45) is 0 Å². The zero-order valence-electron chi connectivity index (χ0n) is 10.4. The van der Waals surface area contributed by atoms with Gasteiger partial charge in [0.2, 0.25) is 5.78 Å². The van der Waals surface area contributed by atoms with Crippen molar-refractivity contribution in [3.05, 3.63) is 0 Å². The van der Waals surface area contributed by atoms with Crippen molar-refractivity contribution in [1.82, 2.24) is 0 Å². The molecule has 0 aliphatic carbocycles. The lowest BCUT2D eigenvalue weighted by Crippen LogP contribution is -2.17. The van der Waals surface area contributed by atoms with E-state index in [1.807, 2.05) is 0 Å². The number of carbonyl (C=O) groups excluding carboxylic acids is 2. The van der Waals surface area contributed by atoms with Gasteiger partial charge in [-0.25, -0.2) is 4.79 Å². The van der Waals surface area contributed by atoms with Gasteiger partial charge in [-0.05, 0) is 0 Å². The van der Waals surface area contributed by atoms with E-state index in [4.69, 9.17) is 30.9 Å². The van der Waals surface area contributed by atoms with E-state index in [9.17, 15) is 14.4 Å². The van der Waals surface area contributed by atoms with Gasteiger partial charge >= 0.3 is 11.9 Å². The molecule has 0 aromatic carbocycles. The van der Waals surface area contributed by atoms with Gasteiger partial charge < -0.3 is 19.3 Å². The van der Waals surface area contributed by atoms with Crippen molar-refractivity contribution in [2.45, 2.75) is 12.8 Å². The molecular formula is C11H17ClO7. The number of alkyl halides is 1. The largest absolute Gasteiger partial charge is 0.476 e. The highest BCUT2D eigenvalue weighted by Gasteiger charge is 2.13. The molecular weight excluding hydrogens is 280 g/mol. The molecule has 0 saturated carbocycles. The minimum Gasteiger partial charge on any atom is -0.476 e. The van der Waals surface area contributed by atoms with Crippen molar-refractivity contribution in [1.29, 1.82) is 0 Å². The van der Waals surface area contributed by atoms with E-state index in [-0.39, 0.29) is 26.1 Å². The number of esters is 1. The smallest absolute Gasteiger partial charge is 0.372 e. The number of carboxylic acids is 1. The first-order valence-corrected chi connectivity index (χ1v) is 6.24. The number of rotatable bonds is 12. The molecule has 0 spiro atoms. The third-order valence-corrected chi connectivity index (χ3v) is 2.03. The van der Waals surface area contributed by atoms with Gasteiger partial charge in [-0.3, -0.25) is 9.59 Å². The normalized spacial score (nSPS) is 10.2. The van der Waals surface area contributed by atoms with Crippen LogP contribution in [-0.2, 0) is 28.6 Å². The second kappa shape index (κ2) is 11.9. The summed E-state index contributed by atoms with van der Waals surface area (Å²) < 4.78 is 14.9. The second-order valence-electron chi connectivity index (χ2n) is 3.36. The van der Waals surface area contributed by atoms with E-state index < -0.39 is 17.7 Å². The van der Waals surface area contributed by atoms with Crippen LogP contribution < -0.4 is 0 Å². The van der Waals surface area contributed by atoms with Gasteiger partial charge in [0.25, 0.3) is 0 Å². The van der Waals surface area contributed by atoms with Crippen LogP contribution in [0.4, 0.5) is 0 Å². The zero-order chi connectivity index (χ0) is 14.5. The number of hydrogen-bond acceptors (Lipinski definition) is 6. The Morgan fingerprint density at radius 3 is 2.05 bits per heavy atom. The monoisotopic (exact) mass is 296 g/mol. The number of aliphatic carboxylic acids is 1. The van der Waals surface area contributed by atoms with Crippen molar-refractivity contribution < 1.29 is 33.7 Å². The Kier molecular flexibility index (Phi) is 11.1. The van der Waals surface area contributed by atoms with Crippen LogP contribution in [0.15, 0.2) is 0 Å². The van der Waals surface area contributed by atoms with Crippen LogP contribution in [0.3, 0.4) is 0 Å². The minimum absolute atomic E-state index is 0.0512. The summed E-state index contributed by atoms with van der Waals surface area (Å²) in [5.41, 5.74) is 0. The first-order chi connectivity index (χ1) is 9.07. The maximum Gasteiger partial charge on any atom is 0.372 e. The predicted octanol–water partition coefficient (Wildman–Crippen LogP) is 0.236. The highest BCUT2D eigenvalue weighted by molar-refractivity contribution is 6.32. The van der Waals surface area contributed by atoms with Crippen molar-refractivity contribution in [2.75, 3.05) is 38.9 Å². The van der Waals surface area contributed by atoms with E-state index in [2.05, 4.69) is 0 Å². The zero-order valence-corrected chi connectivity index (χ0v) is 11.2. The number of halogens is 1. The lowest BCUT2D eigenvalue weighted by molar-refractivity contribution is -0.151. The molecule has 7 nitrogen and oxygen atoms in total. The third kappa shape index (κ3) is 11.6. The summed E-state index contributed by atoms with van der Waals surface area (Å²) in [7, 11) is 0. The quantitative estimate of drug-likeness (QED) is 0.238. The average molecular weight is 297 g/mol. The van der Waals surface area contributed by atoms with E-state index in [0.717, 1.165) is 0 Å². The number of ether oxygens (including phenoxy) is 3. The lowest BCUT2D eigenvalue weighted by Gasteiger charge is -2.06. The van der Waals surface area contributed by atoms with Crippen LogP contribution in [0.1, 0.15) is 12.8 Å². The topological polar surface area (TPSA) is 99.1 Å². The molecule has 0 aliphatic rings. The van der Waals surface area contributed by atoms with Crippen LogP contribution in [0.25, 0.3) is 0 Å². The fourth-order valence-electron chi connectivity index (χ4n) is 0.986. The van der Waals surface area contributed by atoms with Gasteiger partial charge in [-0.1, -0.05) is 0 Å². The van der Waals surface area contributed by atoms with Crippen LogP contribution >= 0.6 is 11.6 Å². The predicted molar refractivity (Wildman–Crippen MR) is 65.2 cm³/mol. The molecule has 0 aliphatic heterocycles. The Bertz CT molecular complexity index is 293. The molecule has 0 radical (unpaired) electrons. The summed E-state index contributed by atoms with van der Waals surface area (Å²) in [5.74, 6) is -2.76. The van der Waals surface area contributed by atoms with Crippen LogP contribution in [0.2, 0.25) is 0 Å². The average Bonchev–Trinajstić information content (AvgIpc) is 2.38. The van der Waals surface area contributed by atoms with E-state index >= 15 is 0 Å². The minimum atomic E-state index is -1.55. The van der Waals surface area contributed by atoms with E-state index in [1.54, 1.807) is 0 Å². The van der Waals surface area contributed by atoms with Gasteiger partial charge in [-0.2, -0.15) is 0 Å². The van der Waals surface area contributed by atoms with Crippen LogP contribution in [0, 0.1) is 0 Å². The third-order valence-electron chi connectivity index (χ3n) is 1.88. The Morgan fingerprint density at radius 1 is 0.895 bits per heavy atom. The summed E-state index contributed by atoms with van der Waals surface area (Å²) in [6, 6.07) is 0. The summed E-state index contributed by atoms with van der Waals surface area (Å²) in [6.45, 7) is 1.50. The fraction of sp³-hybridized carbons (Fsp3) is 0.727. The van der Waals surface area contributed by atoms with E-state index in [0.29, 0.717) is 25.7 Å². The van der Waals surface area contributed by atoms with Gasteiger partial charge in [0.05, 0.1) is 32.8 Å². The highest BCUT2D eigenvalue weighted by Crippen LogP contribution is 1.95. The molecule has 0 unspecified atom stereocenters. The molecule has 0 heterocycles. The lowest BCUT2D eigenvalue weighted by atomic mass is 10.2. The molecule has 0 saturated heterocycles. The highest BCUT2D eigenvalue weighted by atomic mass is 35.5. The van der Waals surface area contributed by atoms with Crippen molar-refractivity contribution in [3.63, 3.8) is 0 Å². The van der Waals surface area contributed by atoms with Gasteiger partial charge in [-0.15, -0.1) is 11.6 Å². The van der Waals surface area contributed by atoms with Gasteiger partial charge in [0.1, 0.15) is 6.61 Å². The maximum absolute atomic E-state index is 11.1. The molecule has 0 aromatic rings. The molecule has 19 heavy (non-hydrogen) atoms. The first kappa shape index (κ1) is 17.8. The Balaban J connectivity index is 3.34. The second-order valence-corrected chi connectivity index (χ2v) is 3.74. The summed E-state index contributed by atoms with van der Waals surface area (Å²) >= 11 is 5.39. The molecule has 0 atom stereocenters. The first-order valence-electron chi connectivity index (χ1n) is 5.71. The standard InChI is InChI=1S/C11H17ClO7/c12-3-4-17-5-6-18-7-8-19-10(14)2-1-9(13)11(15)16/h1-8H2,(H,15,16). The molecule has 0 fully saturated rings. The molecule has 8 heteroatoms. The SMILES string of the molecule is O=C(CCC(=O)C(=O)O)OCCOCCOCCCl. The summed E-state index contributed by atoms with van der Waals surface area (Å²) in [6.07, 6.45) is -0.606. The number of carbonyl (C=O) groups is 3. The fourth-order valence-corrected chi connectivity index (χ4v) is 1.09. The summed E-state index contributed by atoms with van der Waals surface area (Å²) in [4.78, 5) is 32.0. The Hall–Kier alpha value is -1.18.